The van der Waals surface area contributed by atoms with Gasteiger partial charge in [-0.05, 0) is 107 Å². The molecule has 2 aliphatic heterocycles. The molecule has 2 heterocycles. The molecule has 15 atom stereocenters. The quantitative estimate of drug-likeness (QED) is 0.0213. The summed E-state index contributed by atoms with van der Waals surface area (Å²) in [5, 5.41) is 89.1. The van der Waals surface area contributed by atoms with Gasteiger partial charge in [0.25, 0.3) is 0 Å². The number of benzene rings is 1. The van der Waals surface area contributed by atoms with E-state index >= 15 is 0 Å². The Morgan fingerprint density at radius 3 is 1.28 bits per heavy atom. The summed E-state index contributed by atoms with van der Waals surface area (Å²) in [6.45, 7) is -0.402. The summed E-state index contributed by atoms with van der Waals surface area (Å²) in [6, 6.07) is -16.9. The Morgan fingerprint density at radius 2 is 0.831 bits per heavy atom. The van der Waals surface area contributed by atoms with Crippen LogP contribution in [0.15, 0.2) is 30.3 Å². The van der Waals surface area contributed by atoms with Crippen molar-refractivity contribution in [2.45, 2.75) is 233 Å². The number of amides is 19. The topological polar surface area (TPSA) is 836 Å². The largest absolute Gasteiger partial charge is 0.481 e. The number of primary amides is 3. The Morgan fingerprint density at radius 1 is 0.431 bits per heavy atom. The predicted molar refractivity (Wildman–Crippen MR) is 455 cm³/mol. The van der Waals surface area contributed by atoms with Crippen molar-refractivity contribution < 1.29 is 146 Å². The molecule has 0 radical (unpaired) electrons. The summed E-state index contributed by atoms with van der Waals surface area (Å²) in [5.41, 5.74) is 28.7. The van der Waals surface area contributed by atoms with Crippen LogP contribution >= 0.6 is 24.4 Å². The number of rotatable bonds is 61. The first kappa shape index (κ1) is 111. The molecule has 1 aromatic carbocycles. The highest BCUT2D eigenvalue weighted by Gasteiger charge is 2.44. The van der Waals surface area contributed by atoms with E-state index in [1.807, 2.05) is 11.6 Å². The van der Waals surface area contributed by atoms with Crippen LogP contribution in [-0.2, 0) is 121 Å². The van der Waals surface area contributed by atoms with E-state index in [0.29, 0.717) is 24.2 Å². The molecule has 0 aliphatic carbocycles. The van der Waals surface area contributed by atoms with Crippen LogP contribution in [0.25, 0.3) is 0 Å². The maximum absolute atomic E-state index is 14.4. The second-order valence-electron chi connectivity index (χ2n) is 30.6. The third-order valence-electron chi connectivity index (χ3n) is 20.1. The van der Waals surface area contributed by atoms with Crippen LogP contribution in [0.4, 0.5) is 0 Å². The van der Waals surface area contributed by atoms with Gasteiger partial charge in [-0.15, -0.1) is 0 Å². The maximum atomic E-state index is 14.4. The first-order valence-electron chi connectivity index (χ1n) is 41.2. The number of nitrogens with two attached hydrogens (primary N) is 5. The fourth-order valence-corrected chi connectivity index (χ4v) is 14.0. The number of hydrogen-bond acceptors (Lipinski definition) is 29. The molecule has 0 spiro atoms. The van der Waals surface area contributed by atoms with Crippen LogP contribution in [-0.4, -0.2) is 330 Å². The molecule has 2 fully saturated rings. The van der Waals surface area contributed by atoms with Crippen LogP contribution in [0, 0.1) is 5.92 Å². The fourth-order valence-electron chi connectivity index (χ4n) is 13.2. The molecule has 19 amide bonds. The molecule has 2 saturated heterocycles. The predicted octanol–water partition coefficient (Wildman–Crippen LogP) is -10.8. The second kappa shape index (κ2) is 57.1. The number of aliphatic hydroxyl groups is 1. The number of aliphatic hydroxyl groups excluding tert-OH is 1. The normalized spacial score (nSPS) is 16.3. The number of carboxylic acids is 5. The number of unbranched alkanes of at least 4 members (excludes halogenated alkanes) is 1. The number of nitrogens with zero attached hydrogens (tertiary/aromatic N) is 2. The molecule has 130 heavy (non-hydrogen) atoms. The first-order chi connectivity index (χ1) is 61.2. The minimum Gasteiger partial charge on any atom is -0.481 e. The van der Waals surface area contributed by atoms with Crippen molar-refractivity contribution in [1.29, 1.82) is 0 Å². The molecule has 0 aromatic heterocycles. The summed E-state index contributed by atoms with van der Waals surface area (Å²) in [4.78, 5) is 319. The lowest BCUT2D eigenvalue weighted by Gasteiger charge is -2.30. The van der Waals surface area contributed by atoms with Gasteiger partial charge >= 0.3 is 29.8 Å². The number of carbonyl (C=O) groups excluding carboxylic acids is 19. The number of carboxylic acid groups (broad SMARTS) is 5. The van der Waals surface area contributed by atoms with Gasteiger partial charge in [0, 0.05) is 50.9 Å². The number of aliphatic carboxylic acids is 5. The Balaban J connectivity index is 1.80. The Kier molecular flexibility index (Phi) is 48.9. The molecular formula is C77H117N21O30S2. The Labute approximate surface area is 753 Å². The van der Waals surface area contributed by atoms with Crippen molar-refractivity contribution in [2.75, 3.05) is 57.1 Å². The standard InChI is InChI=1S/C77H117N21O30S2/c1-37(2)62(74(124)84-34-57(104)86-42(19-23-59(107)108)66(116)91-47(31-60(109)110)69(119)89-44(17-21-54(81)101)76(126)98-27-10-15-52(98)73(123)94-49(35-99)70(120)93-48(77(127)128)32-61(111)112)96-71(121)50(36-129)95-67(117)43(16-20-53(80)100)88-64(114)40(13-7-8-25-78)87-65(115)41(18-22-58(105)106)85-56(103)33-83-63(113)46(30-55(82)102)90-68(118)45(29-38-11-5-4-6-12-38)92-72(122)51-14-9-26-97(51)75(125)39(79)24-28-130-3/h4-6,11-12,37,39-52,62,99,129H,7-10,13-36,78-79H2,1-3H3,(H2,80,100)(H2,81,101)(H2,82,102)(H,83,113)(H,84,124)(H,85,103)(H,86,104)(H,87,115)(H,88,114)(H,89,119)(H,90,118)(H,91,116)(H,92,122)(H,93,120)(H,94,123)(H,95,117)(H,96,121)(H,105,106)(H,107,108)(H,109,110)(H,111,112)(H,127,128)/t39-,40-,41-,42-,43-,44-,45-,46-,47-,48-,49-,50-,51-,52-,62-/m0/s1. The fraction of sp³-hybridized carbons (Fsp3) is 0.610. The molecule has 0 saturated carbocycles. The van der Waals surface area contributed by atoms with Gasteiger partial charge in [0.1, 0.15) is 84.6 Å². The third kappa shape index (κ3) is 39.8. The third-order valence-corrected chi connectivity index (χ3v) is 21.1. The first-order valence-corrected chi connectivity index (χ1v) is 43.2. The molecule has 722 valence electrons. The smallest absolute Gasteiger partial charge is 0.326 e. The van der Waals surface area contributed by atoms with Crippen LogP contribution < -0.4 is 103 Å². The highest BCUT2D eigenvalue weighted by molar-refractivity contribution is 7.98. The number of thioether (sulfide) groups is 1. The summed E-state index contributed by atoms with van der Waals surface area (Å²) in [6.07, 6.45) is -6.19. The zero-order valence-corrected chi connectivity index (χ0v) is 73.3. The Bertz CT molecular complexity index is 4230. The van der Waals surface area contributed by atoms with Crippen LogP contribution in [0.3, 0.4) is 0 Å². The highest BCUT2D eigenvalue weighted by atomic mass is 32.2. The zero-order chi connectivity index (χ0) is 97.8. The van der Waals surface area contributed by atoms with E-state index in [0.717, 1.165) is 4.90 Å². The lowest BCUT2D eigenvalue weighted by atomic mass is 10.0. The lowest BCUT2D eigenvalue weighted by Crippen LogP contribution is -2.60. The van der Waals surface area contributed by atoms with E-state index in [1.165, 1.54) is 30.5 Å². The van der Waals surface area contributed by atoms with Gasteiger partial charge in [0.15, 0.2) is 0 Å². The van der Waals surface area contributed by atoms with Crippen LogP contribution in [0.1, 0.15) is 141 Å². The minimum absolute atomic E-state index is 0.0517. The van der Waals surface area contributed by atoms with Crippen molar-refractivity contribution in [3.8, 4) is 0 Å². The van der Waals surface area contributed by atoms with Gasteiger partial charge in [-0.2, -0.15) is 24.4 Å². The molecular weight excluding hydrogens is 1760 g/mol. The molecule has 1 aromatic rings. The second-order valence-corrected chi connectivity index (χ2v) is 32.0. The molecule has 0 bridgehead atoms. The van der Waals surface area contributed by atoms with E-state index < -0.39 is 335 Å². The molecule has 3 rings (SSSR count). The van der Waals surface area contributed by atoms with Gasteiger partial charge in [-0.1, -0.05) is 44.2 Å². The van der Waals surface area contributed by atoms with Gasteiger partial charge in [0.05, 0.1) is 45.0 Å². The molecule has 51 nitrogen and oxygen atoms in total. The highest BCUT2D eigenvalue weighted by Crippen LogP contribution is 2.23. The van der Waals surface area contributed by atoms with Gasteiger partial charge < -0.3 is 144 Å². The summed E-state index contributed by atoms with van der Waals surface area (Å²) in [7, 11) is 0. The van der Waals surface area contributed by atoms with Crippen molar-refractivity contribution in [3.05, 3.63) is 35.9 Å². The molecule has 2 aliphatic rings. The number of thiol groups is 1. The van der Waals surface area contributed by atoms with Crippen molar-refractivity contribution in [1.82, 2.24) is 84.2 Å². The molecule has 0 unspecified atom stereocenters. The van der Waals surface area contributed by atoms with Crippen molar-refractivity contribution in [2.24, 2.45) is 34.6 Å². The monoisotopic (exact) mass is 1880 g/mol. The number of carbonyl (C=O) groups is 24. The van der Waals surface area contributed by atoms with Crippen LogP contribution in [0.2, 0.25) is 0 Å². The van der Waals surface area contributed by atoms with Crippen molar-refractivity contribution >= 4 is 166 Å². The number of nitrogens with one attached hydrogen (secondary N) is 14. The van der Waals surface area contributed by atoms with E-state index in [2.05, 4.69) is 81.7 Å². The number of hydrogen-bond donors (Lipinski definition) is 26. The van der Waals surface area contributed by atoms with Crippen molar-refractivity contribution in [3.63, 3.8) is 0 Å². The summed E-state index contributed by atoms with van der Waals surface area (Å²) in [5.74, 6) is -30.3. The van der Waals surface area contributed by atoms with E-state index in [-0.39, 0.29) is 64.6 Å². The maximum Gasteiger partial charge on any atom is 0.326 e. The lowest BCUT2D eigenvalue weighted by molar-refractivity contribution is -0.147. The average Bonchev–Trinajstić information content (AvgIpc) is 1.63. The SMILES string of the molecule is CSCC[C@H](N)C(=O)N1CCC[C@H]1C(=O)N[C@@H](Cc1ccccc1)C(=O)N[C@@H](CC(N)=O)C(=O)NCC(=O)N[C@@H](CCC(=O)O)C(=O)N[C@@H](CCCCN)C(=O)N[C@@H](CCC(N)=O)C(=O)N[C@@H](CS)C(=O)N[C@H](C(=O)NCC(=O)N[C@@H](CCC(=O)O)C(=O)N[C@@H](CC(=O)O)C(=O)N[C@@H](CCC(N)=O)C(=O)N1CCC[C@H]1C(=O)N[C@@H](CO)C(=O)N[C@@H](CC(=O)O)C(=O)O)C(C)C. The Hall–Kier alpha value is -12.9. The van der Waals surface area contributed by atoms with Gasteiger partial charge in [-0.3, -0.25) is 110 Å². The van der Waals surface area contributed by atoms with Gasteiger partial charge in [0.2, 0.25) is 112 Å². The number of likely N-dealkylation sites (tertiary alicyclic amines) is 2. The van der Waals surface area contributed by atoms with Crippen LogP contribution in [0.5, 0.6) is 0 Å². The van der Waals surface area contributed by atoms with E-state index in [1.54, 1.807) is 30.3 Å². The summed E-state index contributed by atoms with van der Waals surface area (Å²) >= 11 is 5.66. The van der Waals surface area contributed by atoms with E-state index in [9.17, 15) is 141 Å². The average molecular weight is 1880 g/mol. The summed E-state index contributed by atoms with van der Waals surface area (Å²) < 4.78 is 0. The van der Waals surface area contributed by atoms with Gasteiger partial charge in [-0.25, -0.2) is 4.79 Å². The zero-order valence-electron chi connectivity index (χ0n) is 71.5. The van der Waals surface area contributed by atoms with E-state index in [4.69, 9.17) is 33.8 Å². The minimum atomic E-state index is -2.19. The molecule has 53 heteroatoms. The molecule has 30 N–H and O–H groups in total.